The molecule has 18 heavy (non-hydrogen) atoms. The molecule has 0 saturated heterocycles. The highest BCUT2D eigenvalue weighted by atomic mass is 35.5. The minimum Gasteiger partial charge on any atom is -0.377 e. The molecule has 0 unspecified atom stereocenters. The zero-order valence-corrected chi connectivity index (χ0v) is 11.9. The molecule has 0 spiro atoms. The predicted molar refractivity (Wildman–Crippen MR) is 76.4 cm³/mol. The molecule has 96 valence electrons. The second-order valence-corrected chi connectivity index (χ2v) is 4.81. The van der Waals surface area contributed by atoms with Crippen LogP contribution >= 0.6 is 23.2 Å². The van der Waals surface area contributed by atoms with E-state index in [0.29, 0.717) is 16.9 Å². The molecule has 0 radical (unpaired) electrons. The average molecular weight is 284 g/mol. The van der Waals surface area contributed by atoms with Crippen molar-refractivity contribution in [3.8, 4) is 0 Å². The summed E-state index contributed by atoms with van der Waals surface area (Å²) >= 11 is 11.9. The summed E-state index contributed by atoms with van der Waals surface area (Å²) in [7, 11) is 0. The van der Waals surface area contributed by atoms with Gasteiger partial charge in [0.2, 0.25) is 0 Å². The molecule has 3 nitrogen and oxygen atoms in total. The van der Waals surface area contributed by atoms with E-state index in [1.54, 1.807) is 6.07 Å². The SMILES string of the molecule is CCn1cccc1CNc1c(C)cc(Cl)nc1Cl. The van der Waals surface area contributed by atoms with Crippen LogP contribution in [0.1, 0.15) is 18.2 Å². The molecule has 2 rings (SSSR count). The lowest BCUT2D eigenvalue weighted by atomic mass is 10.2. The number of rotatable bonds is 4. The molecule has 5 heteroatoms. The topological polar surface area (TPSA) is 29.9 Å². The largest absolute Gasteiger partial charge is 0.377 e. The number of pyridine rings is 1. The Balaban J connectivity index is 2.16. The third-order valence-corrected chi connectivity index (χ3v) is 3.32. The number of aromatic nitrogens is 2. The number of hydrogen-bond donors (Lipinski definition) is 1. The number of anilines is 1. The highest BCUT2D eigenvalue weighted by Gasteiger charge is 2.08. The Kier molecular flexibility index (Phi) is 4.15. The zero-order chi connectivity index (χ0) is 13.1. The van der Waals surface area contributed by atoms with Gasteiger partial charge in [0.25, 0.3) is 0 Å². The lowest BCUT2D eigenvalue weighted by molar-refractivity contribution is 0.724. The molecule has 0 amide bonds. The Morgan fingerprint density at radius 1 is 1.39 bits per heavy atom. The van der Waals surface area contributed by atoms with Gasteiger partial charge in [0.05, 0.1) is 12.2 Å². The van der Waals surface area contributed by atoms with Crippen LogP contribution in [-0.4, -0.2) is 9.55 Å². The van der Waals surface area contributed by atoms with Crippen LogP contribution < -0.4 is 5.32 Å². The minimum absolute atomic E-state index is 0.412. The van der Waals surface area contributed by atoms with Gasteiger partial charge in [-0.3, -0.25) is 0 Å². The van der Waals surface area contributed by atoms with Gasteiger partial charge in [0.15, 0.2) is 5.15 Å². The number of nitrogens with zero attached hydrogens (tertiary/aromatic N) is 2. The van der Waals surface area contributed by atoms with Crippen molar-refractivity contribution in [2.24, 2.45) is 0 Å². The molecular weight excluding hydrogens is 269 g/mol. The second kappa shape index (κ2) is 5.63. The number of hydrogen-bond acceptors (Lipinski definition) is 2. The van der Waals surface area contributed by atoms with E-state index in [1.807, 2.05) is 13.0 Å². The summed E-state index contributed by atoms with van der Waals surface area (Å²) in [5.41, 5.74) is 3.04. The van der Waals surface area contributed by atoms with Crippen LogP contribution in [0.25, 0.3) is 0 Å². The lowest BCUT2D eigenvalue weighted by Crippen LogP contribution is -2.07. The Morgan fingerprint density at radius 2 is 2.17 bits per heavy atom. The predicted octanol–water partition coefficient (Wildman–Crippen LogP) is 4.13. The van der Waals surface area contributed by atoms with Crippen molar-refractivity contribution in [2.45, 2.75) is 26.9 Å². The molecule has 2 aromatic heterocycles. The molecular formula is C13H15Cl2N3. The monoisotopic (exact) mass is 283 g/mol. The maximum absolute atomic E-state index is 6.08. The molecule has 0 aliphatic carbocycles. The third kappa shape index (κ3) is 2.79. The lowest BCUT2D eigenvalue weighted by Gasteiger charge is -2.12. The minimum atomic E-state index is 0.412. The van der Waals surface area contributed by atoms with Crippen molar-refractivity contribution in [3.63, 3.8) is 0 Å². The summed E-state index contributed by atoms with van der Waals surface area (Å²) < 4.78 is 2.18. The van der Waals surface area contributed by atoms with Crippen LogP contribution in [0.15, 0.2) is 24.4 Å². The van der Waals surface area contributed by atoms with Crippen LogP contribution in [0.3, 0.4) is 0 Å². The van der Waals surface area contributed by atoms with Crippen molar-refractivity contribution in [1.82, 2.24) is 9.55 Å². The highest BCUT2D eigenvalue weighted by Crippen LogP contribution is 2.26. The molecule has 0 aliphatic heterocycles. The summed E-state index contributed by atoms with van der Waals surface area (Å²) in [4.78, 5) is 4.04. The van der Waals surface area contributed by atoms with Crippen molar-refractivity contribution < 1.29 is 0 Å². The van der Waals surface area contributed by atoms with E-state index in [2.05, 4.69) is 34.1 Å². The van der Waals surface area contributed by atoms with Gasteiger partial charge in [0.1, 0.15) is 5.15 Å². The maximum Gasteiger partial charge on any atom is 0.154 e. The van der Waals surface area contributed by atoms with Crippen LogP contribution in [0, 0.1) is 6.92 Å². The molecule has 0 aliphatic rings. The first kappa shape index (κ1) is 13.2. The van der Waals surface area contributed by atoms with E-state index in [9.17, 15) is 0 Å². The van der Waals surface area contributed by atoms with Crippen LogP contribution in [-0.2, 0) is 13.1 Å². The van der Waals surface area contributed by atoms with E-state index >= 15 is 0 Å². The fraction of sp³-hybridized carbons (Fsp3) is 0.308. The quantitative estimate of drug-likeness (QED) is 0.855. The van der Waals surface area contributed by atoms with Gasteiger partial charge in [-0.1, -0.05) is 23.2 Å². The van der Waals surface area contributed by atoms with E-state index in [-0.39, 0.29) is 0 Å². The van der Waals surface area contributed by atoms with Gasteiger partial charge >= 0.3 is 0 Å². The standard InChI is InChI=1S/C13H15Cl2N3/c1-3-18-6-4-5-10(18)8-16-12-9(2)7-11(14)17-13(12)15/h4-7,16H,3,8H2,1-2H3. The number of aryl methyl sites for hydroxylation is 2. The zero-order valence-electron chi connectivity index (χ0n) is 10.4. The smallest absolute Gasteiger partial charge is 0.154 e. The fourth-order valence-corrected chi connectivity index (χ4v) is 2.50. The maximum atomic E-state index is 6.08. The number of nitrogens with one attached hydrogen (secondary N) is 1. The summed E-state index contributed by atoms with van der Waals surface area (Å²) in [5, 5.41) is 4.14. The van der Waals surface area contributed by atoms with Gasteiger partial charge in [0, 0.05) is 18.4 Å². The molecule has 0 atom stereocenters. The van der Waals surface area contributed by atoms with Gasteiger partial charge in [-0.15, -0.1) is 0 Å². The Morgan fingerprint density at radius 3 is 2.83 bits per heavy atom. The first-order chi connectivity index (χ1) is 8.61. The van der Waals surface area contributed by atoms with Gasteiger partial charge in [-0.2, -0.15) is 0 Å². The van der Waals surface area contributed by atoms with Gasteiger partial charge < -0.3 is 9.88 Å². The van der Waals surface area contributed by atoms with Crippen molar-refractivity contribution in [3.05, 3.63) is 46.0 Å². The second-order valence-electron chi connectivity index (χ2n) is 4.07. The van der Waals surface area contributed by atoms with E-state index in [0.717, 1.165) is 17.8 Å². The molecule has 0 aromatic carbocycles. The molecule has 0 saturated carbocycles. The van der Waals surface area contributed by atoms with Gasteiger partial charge in [-0.05, 0) is 37.6 Å². The van der Waals surface area contributed by atoms with Crippen LogP contribution in [0.4, 0.5) is 5.69 Å². The molecule has 2 heterocycles. The van der Waals surface area contributed by atoms with E-state index < -0.39 is 0 Å². The summed E-state index contributed by atoms with van der Waals surface area (Å²) in [6, 6.07) is 5.92. The molecule has 0 fully saturated rings. The molecule has 0 bridgehead atoms. The van der Waals surface area contributed by atoms with Crippen LogP contribution in [0.5, 0.6) is 0 Å². The summed E-state index contributed by atoms with van der Waals surface area (Å²) in [5.74, 6) is 0. The van der Waals surface area contributed by atoms with Crippen molar-refractivity contribution in [1.29, 1.82) is 0 Å². The van der Waals surface area contributed by atoms with E-state index in [4.69, 9.17) is 23.2 Å². The fourth-order valence-electron chi connectivity index (χ4n) is 1.91. The Labute approximate surface area is 117 Å². The van der Waals surface area contributed by atoms with E-state index in [1.165, 1.54) is 5.69 Å². The van der Waals surface area contributed by atoms with Crippen molar-refractivity contribution >= 4 is 28.9 Å². The third-order valence-electron chi connectivity index (χ3n) is 2.85. The normalized spacial score (nSPS) is 10.7. The first-order valence-electron chi connectivity index (χ1n) is 5.82. The molecule has 2 aromatic rings. The molecule has 1 N–H and O–H groups in total. The highest BCUT2D eigenvalue weighted by molar-refractivity contribution is 6.34. The van der Waals surface area contributed by atoms with Crippen molar-refractivity contribution in [2.75, 3.05) is 5.32 Å². The van der Waals surface area contributed by atoms with Gasteiger partial charge in [-0.25, -0.2) is 4.98 Å². The average Bonchev–Trinajstić information content (AvgIpc) is 2.75. The first-order valence-corrected chi connectivity index (χ1v) is 6.58. The van der Waals surface area contributed by atoms with Crippen LogP contribution in [0.2, 0.25) is 10.3 Å². The summed E-state index contributed by atoms with van der Waals surface area (Å²) in [6.45, 7) is 5.74. The number of halogens is 2. The summed E-state index contributed by atoms with van der Waals surface area (Å²) in [6.07, 6.45) is 2.06. The Hall–Kier alpha value is -1.19. The Bertz CT molecular complexity index is 526.